The van der Waals surface area contributed by atoms with Gasteiger partial charge >= 0.3 is 0 Å². The number of nitrogens with two attached hydrogens (primary N) is 1. The van der Waals surface area contributed by atoms with E-state index in [9.17, 15) is 4.79 Å². The molecule has 0 saturated carbocycles. The number of nitrogens with zero attached hydrogens (tertiary/aromatic N) is 6. The molecule has 0 unspecified atom stereocenters. The molecule has 1 aliphatic rings. The second-order valence-corrected chi connectivity index (χ2v) is 7.76. The second-order valence-electron chi connectivity index (χ2n) is 7.76. The first-order valence-corrected chi connectivity index (χ1v) is 8.64. The van der Waals surface area contributed by atoms with E-state index < -0.39 is 6.04 Å². The van der Waals surface area contributed by atoms with Crippen LogP contribution in [0.5, 0.6) is 0 Å². The van der Waals surface area contributed by atoms with Crippen LogP contribution in [0.15, 0.2) is 6.20 Å². The Labute approximate surface area is 148 Å². The van der Waals surface area contributed by atoms with E-state index in [4.69, 9.17) is 5.73 Å². The number of carbonyl (C=O) groups excluding carboxylic acids is 1. The summed E-state index contributed by atoms with van der Waals surface area (Å²) in [5.74, 6) is 1.64. The first-order chi connectivity index (χ1) is 11.7. The van der Waals surface area contributed by atoms with Gasteiger partial charge in [-0.25, -0.2) is 9.97 Å². The number of amides is 1. The summed E-state index contributed by atoms with van der Waals surface area (Å²) in [4.78, 5) is 25.7. The molecule has 1 fully saturated rings. The third kappa shape index (κ3) is 3.30. The molecule has 2 N–H and O–H groups in total. The molecular formula is C17H27N7O. The fraction of sp³-hybridized carbons (Fsp3) is 0.647. The molecular weight excluding hydrogens is 318 g/mol. The van der Waals surface area contributed by atoms with Crippen molar-refractivity contribution in [1.82, 2.24) is 24.6 Å². The first-order valence-electron chi connectivity index (χ1n) is 8.64. The number of carbonyl (C=O) groups is 1. The Hall–Kier alpha value is -2.22. The number of rotatable bonds is 2. The molecule has 1 saturated heterocycles. The van der Waals surface area contributed by atoms with Crippen LogP contribution in [-0.2, 0) is 11.8 Å². The minimum absolute atomic E-state index is 0.0255. The predicted octanol–water partition coefficient (Wildman–Crippen LogP) is 0.694. The Kier molecular flexibility index (Phi) is 4.40. The molecule has 0 radical (unpaired) electrons. The summed E-state index contributed by atoms with van der Waals surface area (Å²) in [7, 11) is 1.88. The first kappa shape index (κ1) is 17.6. The third-order valence-corrected chi connectivity index (χ3v) is 4.77. The van der Waals surface area contributed by atoms with Crippen molar-refractivity contribution in [3.63, 3.8) is 0 Å². The van der Waals surface area contributed by atoms with Gasteiger partial charge in [0.05, 0.1) is 17.6 Å². The summed E-state index contributed by atoms with van der Waals surface area (Å²) in [6.45, 7) is 10.6. The van der Waals surface area contributed by atoms with E-state index in [1.807, 2.05) is 39.6 Å². The molecule has 0 aliphatic carbocycles. The average Bonchev–Trinajstić information content (AvgIpc) is 2.93. The van der Waals surface area contributed by atoms with Crippen LogP contribution in [0, 0.1) is 12.3 Å². The number of anilines is 1. The summed E-state index contributed by atoms with van der Waals surface area (Å²) in [5, 5.41) is 5.24. The standard InChI is InChI=1S/C17H27N7O/c1-11-20-14-12(10-19-22(14)5)15(21-11)23-6-8-24(9-7-23)16(25)13(18)17(2,3)4/h10,13H,6-9,18H2,1-5H3/t13-/m1/s1. The topological polar surface area (TPSA) is 93.2 Å². The van der Waals surface area contributed by atoms with Gasteiger partial charge in [-0.3, -0.25) is 9.48 Å². The van der Waals surface area contributed by atoms with Gasteiger partial charge in [-0.2, -0.15) is 5.10 Å². The zero-order valence-corrected chi connectivity index (χ0v) is 15.7. The summed E-state index contributed by atoms with van der Waals surface area (Å²) in [5.41, 5.74) is 6.72. The molecule has 0 aromatic carbocycles. The number of piperazine rings is 1. The summed E-state index contributed by atoms with van der Waals surface area (Å²) < 4.78 is 1.76. The highest BCUT2D eigenvalue weighted by atomic mass is 16.2. The number of aryl methyl sites for hydroxylation is 2. The maximum absolute atomic E-state index is 12.6. The molecule has 25 heavy (non-hydrogen) atoms. The number of hydrogen-bond donors (Lipinski definition) is 1. The van der Waals surface area contributed by atoms with Crippen molar-refractivity contribution < 1.29 is 4.79 Å². The van der Waals surface area contributed by atoms with Crippen LogP contribution < -0.4 is 10.6 Å². The molecule has 8 nitrogen and oxygen atoms in total. The van der Waals surface area contributed by atoms with Crippen molar-refractivity contribution in [2.24, 2.45) is 18.2 Å². The Balaban J connectivity index is 1.76. The van der Waals surface area contributed by atoms with Gasteiger partial charge in [-0.15, -0.1) is 0 Å². The minimum atomic E-state index is -0.481. The van der Waals surface area contributed by atoms with Gasteiger partial charge in [-0.1, -0.05) is 20.8 Å². The van der Waals surface area contributed by atoms with Crippen molar-refractivity contribution in [2.45, 2.75) is 33.7 Å². The zero-order chi connectivity index (χ0) is 18.4. The van der Waals surface area contributed by atoms with Gasteiger partial charge in [0, 0.05) is 33.2 Å². The summed E-state index contributed by atoms with van der Waals surface area (Å²) in [6, 6.07) is -0.481. The third-order valence-electron chi connectivity index (χ3n) is 4.77. The molecule has 3 rings (SSSR count). The smallest absolute Gasteiger partial charge is 0.240 e. The lowest BCUT2D eigenvalue weighted by Gasteiger charge is -2.38. The Morgan fingerprint density at radius 3 is 2.44 bits per heavy atom. The van der Waals surface area contributed by atoms with Crippen LogP contribution in [0.3, 0.4) is 0 Å². The fourth-order valence-electron chi connectivity index (χ4n) is 3.06. The van der Waals surface area contributed by atoms with Crippen LogP contribution in [0.25, 0.3) is 11.0 Å². The maximum atomic E-state index is 12.6. The highest BCUT2D eigenvalue weighted by Crippen LogP contribution is 2.25. The Morgan fingerprint density at radius 1 is 1.20 bits per heavy atom. The average molecular weight is 345 g/mol. The van der Waals surface area contributed by atoms with E-state index in [1.54, 1.807) is 10.9 Å². The van der Waals surface area contributed by atoms with E-state index in [1.165, 1.54) is 0 Å². The van der Waals surface area contributed by atoms with Gasteiger partial charge in [-0.05, 0) is 12.3 Å². The van der Waals surface area contributed by atoms with Gasteiger partial charge in [0.1, 0.15) is 11.6 Å². The SMILES string of the molecule is Cc1nc(N2CCN(C(=O)[C@@H](N)C(C)(C)C)CC2)c2cnn(C)c2n1. The zero-order valence-electron chi connectivity index (χ0n) is 15.7. The minimum Gasteiger partial charge on any atom is -0.352 e. The molecule has 1 aliphatic heterocycles. The summed E-state index contributed by atoms with van der Waals surface area (Å²) >= 11 is 0. The lowest BCUT2D eigenvalue weighted by molar-refractivity contribution is -0.135. The quantitative estimate of drug-likeness (QED) is 0.861. The fourth-order valence-corrected chi connectivity index (χ4v) is 3.06. The Morgan fingerprint density at radius 2 is 1.84 bits per heavy atom. The molecule has 2 aromatic rings. The lowest BCUT2D eigenvalue weighted by Crippen LogP contribution is -2.56. The predicted molar refractivity (Wildman–Crippen MR) is 97.3 cm³/mol. The Bertz CT molecular complexity index is 784. The molecule has 136 valence electrons. The van der Waals surface area contributed by atoms with Crippen molar-refractivity contribution in [2.75, 3.05) is 31.1 Å². The molecule has 1 atom stereocenters. The number of hydrogen-bond acceptors (Lipinski definition) is 6. The molecule has 3 heterocycles. The van der Waals surface area contributed by atoms with Gasteiger partial charge in [0.25, 0.3) is 0 Å². The number of fused-ring (bicyclic) bond motifs is 1. The lowest BCUT2D eigenvalue weighted by atomic mass is 9.86. The highest BCUT2D eigenvalue weighted by molar-refractivity contribution is 5.87. The van der Waals surface area contributed by atoms with Crippen LogP contribution in [0.2, 0.25) is 0 Å². The van der Waals surface area contributed by atoms with Crippen LogP contribution in [-0.4, -0.2) is 62.8 Å². The van der Waals surface area contributed by atoms with E-state index in [-0.39, 0.29) is 11.3 Å². The molecule has 2 aromatic heterocycles. The van der Waals surface area contributed by atoms with E-state index >= 15 is 0 Å². The van der Waals surface area contributed by atoms with Crippen LogP contribution >= 0.6 is 0 Å². The largest absolute Gasteiger partial charge is 0.352 e. The van der Waals surface area contributed by atoms with Crippen LogP contribution in [0.4, 0.5) is 5.82 Å². The van der Waals surface area contributed by atoms with Gasteiger partial charge in [0.2, 0.25) is 5.91 Å². The van der Waals surface area contributed by atoms with Crippen molar-refractivity contribution in [1.29, 1.82) is 0 Å². The highest BCUT2D eigenvalue weighted by Gasteiger charge is 2.33. The molecule has 0 bridgehead atoms. The summed E-state index contributed by atoms with van der Waals surface area (Å²) in [6.07, 6.45) is 1.80. The normalized spacial score (nSPS) is 17.2. The monoisotopic (exact) mass is 345 g/mol. The molecule has 0 spiro atoms. The maximum Gasteiger partial charge on any atom is 0.240 e. The van der Waals surface area contributed by atoms with Gasteiger partial charge in [0.15, 0.2) is 5.65 Å². The van der Waals surface area contributed by atoms with E-state index in [0.717, 1.165) is 35.8 Å². The van der Waals surface area contributed by atoms with Gasteiger partial charge < -0.3 is 15.5 Å². The van der Waals surface area contributed by atoms with E-state index in [0.29, 0.717) is 13.1 Å². The molecule has 1 amide bonds. The van der Waals surface area contributed by atoms with Crippen molar-refractivity contribution in [3.05, 3.63) is 12.0 Å². The van der Waals surface area contributed by atoms with Crippen LogP contribution in [0.1, 0.15) is 26.6 Å². The second kappa shape index (κ2) is 6.25. The van der Waals surface area contributed by atoms with Crippen molar-refractivity contribution in [3.8, 4) is 0 Å². The number of aromatic nitrogens is 4. The van der Waals surface area contributed by atoms with Crippen molar-refractivity contribution >= 4 is 22.8 Å². The van der Waals surface area contributed by atoms with E-state index in [2.05, 4.69) is 20.0 Å². The molecule has 8 heteroatoms.